The standard InChI is InChI=1S/C16H20N4O3/c1-23-12-4-2-11(3-5-12)6-8-17-16(22)20-9-7-13-14(10-20)18-19-15(13)21/h2-5H,6-10H2,1H3,(H,17,22)(H2,18,19,21). The van der Waals surface area contributed by atoms with Gasteiger partial charge in [0.15, 0.2) is 0 Å². The smallest absolute Gasteiger partial charge is 0.317 e. The maximum atomic E-state index is 12.2. The molecule has 1 aliphatic heterocycles. The summed E-state index contributed by atoms with van der Waals surface area (Å²) < 4.78 is 5.12. The fourth-order valence-electron chi connectivity index (χ4n) is 2.73. The van der Waals surface area contributed by atoms with Gasteiger partial charge in [-0.1, -0.05) is 12.1 Å². The Balaban J connectivity index is 1.49. The Morgan fingerprint density at radius 3 is 2.83 bits per heavy atom. The van der Waals surface area contributed by atoms with Gasteiger partial charge in [-0.25, -0.2) is 4.79 Å². The van der Waals surface area contributed by atoms with E-state index in [0.717, 1.165) is 29.0 Å². The molecule has 7 nitrogen and oxygen atoms in total. The van der Waals surface area contributed by atoms with Gasteiger partial charge in [0.25, 0.3) is 5.56 Å². The molecule has 3 rings (SSSR count). The maximum absolute atomic E-state index is 12.2. The number of amides is 2. The summed E-state index contributed by atoms with van der Waals surface area (Å²) in [5.74, 6) is 0.822. The molecule has 0 spiro atoms. The van der Waals surface area contributed by atoms with Crippen molar-refractivity contribution in [3.05, 3.63) is 51.4 Å². The molecule has 0 radical (unpaired) electrons. The van der Waals surface area contributed by atoms with Crippen molar-refractivity contribution >= 4 is 6.03 Å². The Hall–Kier alpha value is -2.70. The van der Waals surface area contributed by atoms with Gasteiger partial charge >= 0.3 is 6.03 Å². The molecule has 0 saturated heterocycles. The SMILES string of the molecule is COc1ccc(CCNC(=O)N2CCc3c([nH][nH]c3=O)C2)cc1. The van der Waals surface area contributed by atoms with E-state index in [1.54, 1.807) is 12.0 Å². The quantitative estimate of drug-likeness (QED) is 0.786. The van der Waals surface area contributed by atoms with E-state index in [-0.39, 0.29) is 11.6 Å². The molecule has 1 aromatic carbocycles. The van der Waals surface area contributed by atoms with Gasteiger partial charge in [0.1, 0.15) is 5.75 Å². The fraction of sp³-hybridized carbons (Fsp3) is 0.375. The lowest BCUT2D eigenvalue weighted by Crippen LogP contribution is -2.43. The minimum atomic E-state index is -0.105. The van der Waals surface area contributed by atoms with Crippen LogP contribution in [0.15, 0.2) is 29.1 Å². The highest BCUT2D eigenvalue weighted by molar-refractivity contribution is 5.74. The van der Waals surface area contributed by atoms with Gasteiger partial charge in [0.2, 0.25) is 0 Å². The van der Waals surface area contributed by atoms with E-state index in [0.29, 0.717) is 26.1 Å². The Bertz CT molecular complexity index is 733. The van der Waals surface area contributed by atoms with Gasteiger partial charge in [-0.3, -0.25) is 9.89 Å². The average Bonchev–Trinajstić information content (AvgIpc) is 2.96. The van der Waals surface area contributed by atoms with E-state index < -0.39 is 0 Å². The first-order chi connectivity index (χ1) is 11.2. The highest BCUT2D eigenvalue weighted by Gasteiger charge is 2.23. The third kappa shape index (κ3) is 3.39. The predicted octanol–water partition coefficient (Wildman–Crippen LogP) is 1.02. The molecule has 1 aliphatic rings. The molecular formula is C16H20N4O3. The van der Waals surface area contributed by atoms with E-state index in [9.17, 15) is 9.59 Å². The number of ether oxygens (including phenoxy) is 1. The van der Waals surface area contributed by atoms with Crippen LogP contribution in [0.25, 0.3) is 0 Å². The van der Waals surface area contributed by atoms with Gasteiger partial charge in [0.05, 0.1) is 19.3 Å². The first-order valence-corrected chi connectivity index (χ1v) is 7.61. The summed E-state index contributed by atoms with van der Waals surface area (Å²) >= 11 is 0. The van der Waals surface area contributed by atoms with Crippen LogP contribution < -0.4 is 15.6 Å². The van der Waals surface area contributed by atoms with Gasteiger partial charge in [-0.05, 0) is 30.5 Å². The molecule has 3 N–H and O–H groups in total. The van der Waals surface area contributed by atoms with Crippen LogP contribution in [0.2, 0.25) is 0 Å². The zero-order chi connectivity index (χ0) is 16.2. The zero-order valence-electron chi connectivity index (χ0n) is 13.0. The molecule has 2 aromatic rings. The number of hydrogen-bond acceptors (Lipinski definition) is 3. The number of H-pyrrole nitrogens is 2. The minimum absolute atomic E-state index is 0.0837. The van der Waals surface area contributed by atoms with Crippen LogP contribution in [0.4, 0.5) is 4.79 Å². The Morgan fingerprint density at radius 1 is 1.30 bits per heavy atom. The van der Waals surface area contributed by atoms with Crippen LogP contribution in [-0.4, -0.2) is 41.3 Å². The van der Waals surface area contributed by atoms with Crippen LogP contribution in [0.3, 0.4) is 0 Å². The number of fused-ring (bicyclic) bond motifs is 1. The van der Waals surface area contributed by atoms with Gasteiger partial charge in [0, 0.05) is 18.7 Å². The molecular weight excluding hydrogens is 296 g/mol. The second-order valence-corrected chi connectivity index (χ2v) is 5.54. The summed E-state index contributed by atoms with van der Waals surface area (Å²) in [4.78, 5) is 25.4. The zero-order valence-corrected chi connectivity index (χ0v) is 13.0. The monoisotopic (exact) mass is 316 g/mol. The number of aromatic nitrogens is 2. The first-order valence-electron chi connectivity index (χ1n) is 7.61. The molecule has 0 saturated carbocycles. The molecule has 23 heavy (non-hydrogen) atoms. The highest BCUT2D eigenvalue weighted by Crippen LogP contribution is 2.13. The second kappa shape index (κ2) is 6.60. The molecule has 0 fully saturated rings. The van der Waals surface area contributed by atoms with Crippen molar-refractivity contribution in [2.24, 2.45) is 0 Å². The molecule has 122 valence electrons. The Morgan fingerprint density at radius 2 is 2.09 bits per heavy atom. The van der Waals surface area contributed by atoms with Crippen molar-refractivity contribution < 1.29 is 9.53 Å². The Labute approximate surface area is 133 Å². The topological polar surface area (TPSA) is 90.2 Å². The van der Waals surface area contributed by atoms with Gasteiger partial charge < -0.3 is 20.1 Å². The summed E-state index contributed by atoms with van der Waals surface area (Å²) in [7, 11) is 1.64. The predicted molar refractivity (Wildman–Crippen MR) is 85.6 cm³/mol. The van der Waals surface area contributed by atoms with Crippen LogP contribution in [0.1, 0.15) is 16.8 Å². The van der Waals surface area contributed by atoms with Crippen LogP contribution in [0, 0.1) is 0 Å². The van der Waals surface area contributed by atoms with Crippen molar-refractivity contribution in [3.63, 3.8) is 0 Å². The lowest BCUT2D eigenvalue weighted by Gasteiger charge is -2.26. The number of nitrogens with one attached hydrogen (secondary N) is 3. The number of urea groups is 1. The summed E-state index contributed by atoms with van der Waals surface area (Å²) in [6, 6.07) is 7.69. The van der Waals surface area contributed by atoms with Crippen LogP contribution >= 0.6 is 0 Å². The number of nitrogens with zero attached hydrogens (tertiary/aromatic N) is 1. The van der Waals surface area contributed by atoms with Crippen molar-refractivity contribution in [1.29, 1.82) is 0 Å². The van der Waals surface area contributed by atoms with Crippen LogP contribution in [0.5, 0.6) is 5.75 Å². The lowest BCUT2D eigenvalue weighted by atomic mass is 10.1. The lowest BCUT2D eigenvalue weighted by molar-refractivity contribution is 0.192. The van der Waals surface area contributed by atoms with E-state index >= 15 is 0 Å². The van der Waals surface area contributed by atoms with Crippen molar-refractivity contribution in [2.45, 2.75) is 19.4 Å². The molecule has 7 heteroatoms. The first kappa shape index (κ1) is 15.2. The van der Waals surface area contributed by atoms with E-state index in [1.165, 1.54) is 0 Å². The molecule has 1 aromatic heterocycles. The largest absolute Gasteiger partial charge is 0.497 e. The number of benzene rings is 1. The summed E-state index contributed by atoms with van der Waals surface area (Å²) in [5, 5.41) is 8.32. The molecule has 2 amide bonds. The molecule has 0 bridgehead atoms. The van der Waals surface area contributed by atoms with E-state index in [2.05, 4.69) is 15.5 Å². The molecule has 0 atom stereocenters. The average molecular weight is 316 g/mol. The highest BCUT2D eigenvalue weighted by atomic mass is 16.5. The van der Waals surface area contributed by atoms with Crippen molar-refractivity contribution in [3.8, 4) is 5.75 Å². The summed E-state index contributed by atoms with van der Waals surface area (Å²) in [6.45, 7) is 1.56. The second-order valence-electron chi connectivity index (χ2n) is 5.54. The van der Waals surface area contributed by atoms with Gasteiger partial charge in [-0.2, -0.15) is 0 Å². The Kier molecular flexibility index (Phi) is 4.36. The summed E-state index contributed by atoms with van der Waals surface area (Å²) in [6.07, 6.45) is 1.34. The third-order valence-corrected chi connectivity index (χ3v) is 4.08. The third-order valence-electron chi connectivity index (χ3n) is 4.08. The van der Waals surface area contributed by atoms with Crippen molar-refractivity contribution in [2.75, 3.05) is 20.2 Å². The number of carbonyl (C=O) groups excluding carboxylic acids is 1. The molecule has 0 unspecified atom stereocenters. The van der Waals surface area contributed by atoms with E-state index in [1.807, 2.05) is 24.3 Å². The number of carbonyl (C=O) groups is 1. The van der Waals surface area contributed by atoms with Crippen molar-refractivity contribution in [1.82, 2.24) is 20.4 Å². The van der Waals surface area contributed by atoms with E-state index in [4.69, 9.17) is 4.74 Å². The molecule has 2 heterocycles. The van der Waals surface area contributed by atoms with Gasteiger partial charge in [-0.15, -0.1) is 0 Å². The maximum Gasteiger partial charge on any atom is 0.317 e. The number of hydrogen-bond donors (Lipinski definition) is 3. The number of aromatic amines is 2. The summed E-state index contributed by atoms with van der Waals surface area (Å²) in [5.41, 5.74) is 2.61. The number of rotatable bonds is 4. The number of methoxy groups -OCH3 is 1. The normalized spacial score (nSPS) is 13.5. The minimum Gasteiger partial charge on any atom is -0.497 e. The fourth-order valence-corrected chi connectivity index (χ4v) is 2.73. The van der Waals surface area contributed by atoms with Crippen LogP contribution in [-0.2, 0) is 19.4 Å². The molecule has 0 aliphatic carbocycles.